The van der Waals surface area contributed by atoms with Gasteiger partial charge in [0.05, 0.1) is 13.7 Å². The van der Waals surface area contributed by atoms with Gasteiger partial charge in [-0.2, -0.15) is 0 Å². The minimum absolute atomic E-state index is 0.245. The maximum atomic E-state index is 5.35. The van der Waals surface area contributed by atoms with E-state index < -0.39 is 0 Å². The van der Waals surface area contributed by atoms with Crippen molar-refractivity contribution in [2.24, 2.45) is 5.90 Å². The Morgan fingerprint density at radius 3 is 2.71 bits per heavy atom. The van der Waals surface area contributed by atoms with Crippen molar-refractivity contribution in [3.63, 3.8) is 0 Å². The Bertz CT molecular complexity index is 299. The summed E-state index contributed by atoms with van der Waals surface area (Å²) in [5, 5.41) is 0. The van der Waals surface area contributed by atoms with Crippen LogP contribution in [-0.2, 0) is 4.84 Å². The van der Waals surface area contributed by atoms with Crippen LogP contribution in [0.4, 0.5) is 0 Å². The molecule has 0 radical (unpaired) electrons. The number of hydrogen-bond donors (Lipinski definition) is 1. The third-order valence-corrected chi connectivity index (χ3v) is 2.32. The van der Waals surface area contributed by atoms with E-state index in [2.05, 4.69) is 11.8 Å². The SMILES string of the molecule is COc1c(C)cccc1C(C)CON. The van der Waals surface area contributed by atoms with Crippen molar-refractivity contribution >= 4 is 0 Å². The third-order valence-electron chi connectivity index (χ3n) is 2.32. The van der Waals surface area contributed by atoms with Gasteiger partial charge in [-0.25, -0.2) is 5.90 Å². The number of rotatable bonds is 4. The molecule has 0 spiro atoms. The lowest BCUT2D eigenvalue weighted by atomic mass is 9.98. The second kappa shape index (κ2) is 4.98. The van der Waals surface area contributed by atoms with E-state index >= 15 is 0 Å². The molecule has 0 heterocycles. The molecule has 0 bridgehead atoms. The lowest BCUT2D eigenvalue weighted by Gasteiger charge is -2.16. The fraction of sp³-hybridized carbons (Fsp3) is 0.455. The van der Waals surface area contributed by atoms with E-state index in [1.165, 1.54) is 0 Å². The molecule has 0 fully saturated rings. The molecule has 1 rings (SSSR count). The summed E-state index contributed by atoms with van der Waals surface area (Å²) in [6, 6.07) is 6.08. The van der Waals surface area contributed by atoms with Crippen LogP contribution < -0.4 is 10.6 Å². The Morgan fingerprint density at radius 1 is 1.43 bits per heavy atom. The van der Waals surface area contributed by atoms with E-state index in [0.29, 0.717) is 6.61 Å². The largest absolute Gasteiger partial charge is 0.496 e. The smallest absolute Gasteiger partial charge is 0.125 e. The van der Waals surface area contributed by atoms with Crippen LogP contribution in [0, 0.1) is 6.92 Å². The molecule has 0 aliphatic rings. The van der Waals surface area contributed by atoms with Gasteiger partial charge in [-0.05, 0) is 18.1 Å². The Balaban J connectivity index is 3.00. The zero-order valence-electron chi connectivity index (χ0n) is 8.91. The summed E-state index contributed by atoms with van der Waals surface area (Å²) < 4.78 is 5.35. The standard InChI is InChI=1S/C11H17NO2/c1-8-5-4-6-10(11(8)13-3)9(2)7-14-12/h4-6,9H,7,12H2,1-3H3. The summed E-state index contributed by atoms with van der Waals surface area (Å²) in [6.07, 6.45) is 0. The van der Waals surface area contributed by atoms with Gasteiger partial charge in [0.15, 0.2) is 0 Å². The van der Waals surface area contributed by atoms with Gasteiger partial charge in [-0.3, -0.25) is 0 Å². The van der Waals surface area contributed by atoms with Crippen LogP contribution in [0.3, 0.4) is 0 Å². The van der Waals surface area contributed by atoms with Gasteiger partial charge in [0, 0.05) is 5.92 Å². The van der Waals surface area contributed by atoms with E-state index in [4.69, 9.17) is 10.6 Å². The number of nitrogens with two attached hydrogens (primary N) is 1. The van der Waals surface area contributed by atoms with Gasteiger partial charge < -0.3 is 9.57 Å². The van der Waals surface area contributed by atoms with Crippen LogP contribution >= 0.6 is 0 Å². The highest BCUT2D eigenvalue weighted by molar-refractivity contribution is 5.42. The Morgan fingerprint density at radius 2 is 2.14 bits per heavy atom. The van der Waals surface area contributed by atoms with Crippen LogP contribution in [0.15, 0.2) is 18.2 Å². The highest BCUT2D eigenvalue weighted by Gasteiger charge is 2.12. The first-order valence-electron chi connectivity index (χ1n) is 4.66. The van der Waals surface area contributed by atoms with E-state index in [-0.39, 0.29) is 5.92 Å². The van der Waals surface area contributed by atoms with Gasteiger partial charge in [-0.15, -0.1) is 0 Å². The fourth-order valence-corrected chi connectivity index (χ4v) is 1.58. The lowest BCUT2D eigenvalue weighted by molar-refractivity contribution is 0.126. The molecular formula is C11H17NO2. The zero-order chi connectivity index (χ0) is 10.6. The van der Waals surface area contributed by atoms with Crippen LogP contribution in [0.2, 0.25) is 0 Å². The van der Waals surface area contributed by atoms with Crippen molar-refractivity contribution < 1.29 is 9.57 Å². The molecule has 0 aliphatic carbocycles. The molecule has 0 aromatic heterocycles. The van der Waals surface area contributed by atoms with Crippen LogP contribution in [-0.4, -0.2) is 13.7 Å². The number of methoxy groups -OCH3 is 1. The second-order valence-corrected chi connectivity index (χ2v) is 3.43. The molecule has 0 amide bonds. The minimum Gasteiger partial charge on any atom is -0.496 e. The third kappa shape index (κ3) is 2.25. The summed E-state index contributed by atoms with van der Waals surface area (Å²) in [5.41, 5.74) is 2.27. The number of aryl methyl sites for hydroxylation is 1. The molecule has 1 atom stereocenters. The summed E-state index contributed by atoms with van der Waals surface area (Å²) >= 11 is 0. The first-order valence-corrected chi connectivity index (χ1v) is 4.66. The number of para-hydroxylation sites is 1. The average Bonchev–Trinajstić information content (AvgIpc) is 2.17. The highest BCUT2D eigenvalue weighted by Crippen LogP contribution is 2.29. The van der Waals surface area contributed by atoms with Crippen LogP contribution in [0.25, 0.3) is 0 Å². The Kier molecular flexibility index (Phi) is 3.92. The number of ether oxygens (including phenoxy) is 1. The Hall–Kier alpha value is -1.06. The van der Waals surface area contributed by atoms with Crippen molar-refractivity contribution in [3.05, 3.63) is 29.3 Å². The topological polar surface area (TPSA) is 44.5 Å². The monoisotopic (exact) mass is 195 g/mol. The van der Waals surface area contributed by atoms with Gasteiger partial charge in [0.1, 0.15) is 5.75 Å². The molecule has 1 unspecified atom stereocenters. The maximum absolute atomic E-state index is 5.35. The average molecular weight is 195 g/mol. The predicted octanol–water partition coefficient (Wildman–Crippen LogP) is 2.00. The van der Waals surface area contributed by atoms with Crippen molar-refractivity contribution in [2.75, 3.05) is 13.7 Å². The van der Waals surface area contributed by atoms with Crippen molar-refractivity contribution in [2.45, 2.75) is 19.8 Å². The molecule has 0 aliphatic heterocycles. The van der Waals surface area contributed by atoms with Crippen molar-refractivity contribution in [3.8, 4) is 5.75 Å². The van der Waals surface area contributed by atoms with Crippen LogP contribution in [0.1, 0.15) is 24.0 Å². The van der Waals surface area contributed by atoms with Gasteiger partial charge in [0.2, 0.25) is 0 Å². The summed E-state index contributed by atoms with van der Waals surface area (Å²) in [4.78, 5) is 4.64. The number of benzene rings is 1. The molecule has 1 aromatic carbocycles. The molecule has 3 heteroatoms. The first-order chi connectivity index (χ1) is 6.70. The Labute approximate surface area is 84.8 Å². The van der Waals surface area contributed by atoms with E-state index in [1.54, 1.807) is 7.11 Å². The maximum Gasteiger partial charge on any atom is 0.125 e. The second-order valence-electron chi connectivity index (χ2n) is 3.43. The molecule has 1 aromatic rings. The quantitative estimate of drug-likeness (QED) is 0.747. The van der Waals surface area contributed by atoms with E-state index in [0.717, 1.165) is 16.9 Å². The fourth-order valence-electron chi connectivity index (χ4n) is 1.58. The molecule has 0 saturated carbocycles. The molecule has 78 valence electrons. The van der Waals surface area contributed by atoms with Gasteiger partial charge in [-0.1, -0.05) is 25.1 Å². The summed E-state index contributed by atoms with van der Waals surface area (Å²) in [6.45, 7) is 4.59. The first kappa shape index (κ1) is 11.0. The highest BCUT2D eigenvalue weighted by atomic mass is 16.6. The van der Waals surface area contributed by atoms with Crippen molar-refractivity contribution in [1.82, 2.24) is 0 Å². The van der Waals surface area contributed by atoms with Gasteiger partial charge >= 0.3 is 0 Å². The molecule has 0 saturated heterocycles. The number of hydrogen-bond acceptors (Lipinski definition) is 3. The van der Waals surface area contributed by atoms with Gasteiger partial charge in [0.25, 0.3) is 0 Å². The molecule has 14 heavy (non-hydrogen) atoms. The predicted molar refractivity (Wildman–Crippen MR) is 56.3 cm³/mol. The van der Waals surface area contributed by atoms with Crippen molar-refractivity contribution in [1.29, 1.82) is 0 Å². The molecule has 3 nitrogen and oxygen atoms in total. The lowest BCUT2D eigenvalue weighted by Crippen LogP contribution is -2.09. The molecular weight excluding hydrogens is 178 g/mol. The van der Waals surface area contributed by atoms with E-state index in [1.807, 2.05) is 25.1 Å². The molecule has 2 N–H and O–H groups in total. The summed E-state index contributed by atoms with van der Waals surface area (Å²) in [7, 11) is 1.68. The van der Waals surface area contributed by atoms with E-state index in [9.17, 15) is 0 Å². The minimum atomic E-state index is 0.245. The zero-order valence-corrected chi connectivity index (χ0v) is 8.91. The normalized spacial score (nSPS) is 12.6. The van der Waals surface area contributed by atoms with Crippen LogP contribution in [0.5, 0.6) is 5.75 Å². The summed E-state index contributed by atoms with van der Waals surface area (Å²) in [5.74, 6) is 6.23.